The minimum Gasteiger partial charge on any atom is -0.489 e. The van der Waals surface area contributed by atoms with Crippen LogP contribution >= 0.6 is 0 Å². The topological polar surface area (TPSA) is 44.8 Å². The molecule has 0 spiro atoms. The van der Waals surface area contributed by atoms with Crippen molar-refractivity contribution in [3.8, 4) is 5.75 Å². The summed E-state index contributed by atoms with van der Waals surface area (Å²) in [6.07, 6.45) is 1.06. The maximum atomic E-state index is 13.4. The summed E-state index contributed by atoms with van der Waals surface area (Å²) in [6, 6.07) is 6.29. The molecule has 0 radical (unpaired) electrons. The average molecular weight is 309 g/mol. The van der Waals surface area contributed by atoms with E-state index in [0.29, 0.717) is 13.1 Å². The predicted molar refractivity (Wildman–Crippen MR) is 83.5 cm³/mol. The van der Waals surface area contributed by atoms with E-state index in [1.54, 1.807) is 30.1 Å². The Balaban J connectivity index is 1.71. The molecule has 22 heavy (non-hydrogen) atoms. The summed E-state index contributed by atoms with van der Waals surface area (Å²) in [7, 11) is 1.75. The number of ether oxygens (including phenoxy) is 1. The van der Waals surface area contributed by atoms with Crippen LogP contribution in [0.5, 0.6) is 5.75 Å². The molecule has 0 bridgehead atoms. The molecule has 0 saturated carbocycles. The first-order valence-electron chi connectivity index (χ1n) is 7.71. The summed E-state index contributed by atoms with van der Waals surface area (Å²) in [5, 5.41) is 3.32. The molecular weight excluding hydrogens is 285 g/mol. The number of hydrogen-bond acceptors (Lipinski definition) is 4. The fourth-order valence-electron chi connectivity index (χ4n) is 2.35. The van der Waals surface area contributed by atoms with Crippen LogP contribution in [0.1, 0.15) is 6.42 Å². The third kappa shape index (κ3) is 5.27. The van der Waals surface area contributed by atoms with Crippen LogP contribution in [0.2, 0.25) is 0 Å². The van der Waals surface area contributed by atoms with E-state index in [0.717, 1.165) is 32.6 Å². The van der Waals surface area contributed by atoms with E-state index in [2.05, 4.69) is 10.2 Å². The Kier molecular flexibility index (Phi) is 6.61. The van der Waals surface area contributed by atoms with Gasteiger partial charge in [0.25, 0.3) is 0 Å². The molecule has 0 atom stereocenters. The molecule has 1 N–H and O–H groups in total. The molecule has 122 valence electrons. The molecule has 1 aromatic rings. The highest BCUT2D eigenvalue weighted by molar-refractivity contribution is 5.78. The van der Waals surface area contributed by atoms with E-state index in [1.807, 2.05) is 0 Å². The molecule has 1 saturated heterocycles. The summed E-state index contributed by atoms with van der Waals surface area (Å²) < 4.78 is 18.8. The van der Waals surface area contributed by atoms with Crippen LogP contribution in [0.4, 0.5) is 4.39 Å². The lowest BCUT2D eigenvalue weighted by atomic mass is 10.3. The fraction of sp³-hybridized carbons (Fsp3) is 0.562. The van der Waals surface area contributed by atoms with Crippen molar-refractivity contribution >= 4 is 5.91 Å². The van der Waals surface area contributed by atoms with Crippen LogP contribution in [0.3, 0.4) is 0 Å². The Morgan fingerprint density at radius 1 is 1.36 bits per heavy atom. The molecule has 1 amide bonds. The number of nitrogens with zero attached hydrogens (tertiary/aromatic N) is 2. The van der Waals surface area contributed by atoms with Crippen molar-refractivity contribution < 1.29 is 13.9 Å². The zero-order valence-electron chi connectivity index (χ0n) is 13.1. The second-order valence-corrected chi connectivity index (χ2v) is 5.47. The van der Waals surface area contributed by atoms with Crippen molar-refractivity contribution in [2.24, 2.45) is 0 Å². The number of hydrogen-bond donors (Lipinski definition) is 1. The molecule has 1 heterocycles. The van der Waals surface area contributed by atoms with E-state index in [1.165, 1.54) is 6.07 Å². The van der Waals surface area contributed by atoms with Gasteiger partial charge in [-0.15, -0.1) is 0 Å². The third-order valence-electron chi connectivity index (χ3n) is 3.74. The van der Waals surface area contributed by atoms with Gasteiger partial charge in [0, 0.05) is 20.1 Å². The lowest BCUT2D eigenvalue weighted by Crippen LogP contribution is -2.41. The third-order valence-corrected chi connectivity index (χ3v) is 3.74. The smallest absolute Gasteiger partial charge is 0.236 e. The van der Waals surface area contributed by atoms with Gasteiger partial charge in [-0.3, -0.25) is 9.69 Å². The number of carbonyl (C=O) groups is 1. The SMILES string of the molecule is CN(CCOc1ccccc1F)C(=O)CN1CCCNCC1. The van der Waals surface area contributed by atoms with Gasteiger partial charge in [-0.25, -0.2) is 4.39 Å². The highest BCUT2D eigenvalue weighted by Gasteiger charge is 2.15. The summed E-state index contributed by atoms with van der Waals surface area (Å²) >= 11 is 0. The van der Waals surface area contributed by atoms with Crippen LogP contribution in [-0.2, 0) is 4.79 Å². The summed E-state index contributed by atoms with van der Waals surface area (Å²) in [6.45, 7) is 4.93. The van der Waals surface area contributed by atoms with Crippen LogP contribution in [0.25, 0.3) is 0 Å². The first-order valence-corrected chi connectivity index (χ1v) is 7.71. The number of amides is 1. The largest absolute Gasteiger partial charge is 0.489 e. The van der Waals surface area contributed by atoms with Gasteiger partial charge in [-0.1, -0.05) is 12.1 Å². The predicted octanol–water partition coefficient (Wildman–Crippen LogP) is 0.958. The van der Waals surface area contributed by atoms with Crippen LogP contribution in [-0.4, -0.2) is 68.6 Å². The number of benzene rings is 1. The number of halogens is 1. The Morgan fingerprint density at radius 2 is 2.18 bits per heavy atom. The van der Waals surface area contributed by atoms with Gasteiger partial charge in [0.2, 0.25) is 5.91 Å². The van der Waals surface area contributed by atoms with Crippen molar-refractivity contribution in [2.75, 3.05) is 52.9 Å². The van der Waals surface area contributed by atoms with Crippen molar-refractivity contribution in [1.82, 2.24) is 15.1 Å². The highest BCUT2D eigenvalue weighted by Crippen LogP contribution is 2.14. The molecule has 6 heteroatoms. The number of likely N-dealkylation sites (N-methyl/N-ethyl adjacent to an activating group) is 1. The maximum Gasteiger partial charge on any atom is 0.236 e. The van der Waals surface area contributed by atoms with E-state index in [-0.39, 0.29) is 24.1 Å². The van der Waals surface area contributed by atoms with Gasteiger partial charge < -0.3 is 15.0 Å². The standard InChI is InChI=1S/C16H24FN3O2/c1-19(11-12-22-15-6-3-2-5-14(15)17)16(21)13-20-9-4-7-18-8-10-20/h2-3,5-6,18H,4,7-13H2,1H3. The minimum atomic E-state index is -0.381. The highest BCUT2D eigenvalue weighted by atomic mass is 19.1. The molecule has 2 rings (SSSR count). The molecule has 0 aromatic heterocycles. The maximum absolute atomic E-state index is 13.4. The Hall–Kier alpha value is -1.66. The lowest BCUT2D eigenvalue weighted by Gasteiger charge is -2.23. The summed E-state index contributed by atoms with van der Waals surface area (Å²) in [5.74, 6) is -0.0884. The van der Waals surface area contributed by atoms with Gasteiger partial charge in [0.1, 0.15) is 6.61 Å². The van der Waals surface area contributed by atoms with E-state index in [4.69, 9.17) is 4.74 Å². The summed E-state index contributed by atoms with van der Waals surface area (Å²) in [4.78, 5) is 16.0. The molecule has 0 unspecified atom stereocenters. The fourth-order valence-corrected chi connectivity index (χ4v) is 2.35. The zero-order valence-corrected chi connectivity index (χ0v) is 13.1. The summed E-state index contributed by atoms with van der Waals surface area (Å²) in [5.41, 5.74) is 0. The van der Waals surface area contributed by atoms with Gasteiger partial charge >= 0.3 is 0 Å². The first kappa shape index (κ1) is 16.7. The lowest BCUT2D eigenvalue weighted by molar-refractivity contribution is -0.131. The monoisotopic (exact) mass is 309 g/mol. The van der Waals surface area contributed by atoms with Crippen molar-refractivity contribution in [2.45, 2.75) is 6.42 Å². The van der Waals surface area contributed by atoms with Gasteiger partial charge in [-0.2, -0.15) is 0 Å². The van der Waals surface area contributed by atoms with E-state index >= 15 is 0 Å². The molecule has 0 aliphatic carbocycles. The Labute approximate surface area is 131 Å². The van der Waals surface area contributed by atoms with Crippen LogP contribution < -0.4 is 10.1 Å². The first-order chi connectivity index (χ1) is 10.7. The van der Waals surface area contributed by atoms with Gasteiger partial charge in [-0.05, 0) is 31.6 Å². The van der Waals surface area contributed by atoms with E-state index < -0.39 is 0 Å². The minimum absolute atomic E-state index is 0.0685. The van der Waals surface area contributed by atoms with E-state index in [9.17, 15) is 9.18 Å². The number of nitrogens with one attached hydrogen (secondary N) is 1. The average Bonchev–Trinajstić information content (AvgIpc) is 2.77. The molecule has 5 nitrogen and oxygen atoms in total. The zero-order chi connectivity index (χ0) is 15.8. The van der Waals surface area contributed by atoms with Gasteiger partial charge in [0.15, 0.2) is 11.6 Å². The van der Waals surface area contributed by atoms with Crippen molar-refractivity contribution in [1.29, 1.82) is 0 Å². The Morgan fingerprint density at radius 3 is 3.00 bits per heavy atom. The molecule has 1 aliphatic rings. The second kappa shape index (κ2) is 8.70. The van der Waals surface area contributed by atoms with Crippen molar-refractivity contribution in [3.05, 3.63) is 30.1 Å². The molecular formula is C16H24FN3O2. The molecule has 1 aromatic carbocycles. The number of rotatable bonds is 6. The molecule has 1 aliphatic heterocycles. The number of carbonyl (C=O) groups excluding carboxylic acids is 1. The van der Waals surface area contributed by atoms with Gasteiger partial charge in [0.05, 0.1) is 13.1 Å². The molecule has 1 fully saturated rings. The van der Waals surface area contributed by atoms with Crippen LogP contribution in [0, 0.1) is 5.82 Å². The van der Waals surface area contributed by atoms with Crippen LogP contribution in [0.15, 0.2) is 24.3 Å². The quantitative estimate of drug-likeness (QED) is 0.850. The number of para-hydroxylation sites is 1. The normalized spacial score (nSPS) is 16.1. The second-order valence-electron chi connectivity index (χ2n) is 5.47. The van der Waals surface area contributed by atoms with Crippen molar-refractivity contribution in [3.63, 3.8) is 0 Å². The Bertz CT molecular complexity index is 476.